The molecule has 4 N–H and O–H groups in total. The van der Waals surface area contributed by atoms with Crippen LogP contribution >= 0.6 is 0 Å². The molecule has 0 aromatic carbocycles. The molecule has 0 radical (unpaired) electrons. The SMILES string of the molecule is N=C=O.N=C=O.OC(O)(C1CCCCC1)C1CCCCC1. The second kappa shape index (κ2) is 11.4. The van der Waals surface area contributed by atoms with Gasteiger partial charge in [0.15, 0.2) is 5.79 Å². The molecule has 120 valence electrons. The van der Waals surface area contributed by atoms with Crippen molar-refractivity contribution in [3.05, 3.63) is 0 Å². The molecule has 2 rings (SSSR count). The van der Waals surface area contributed by atoms with Crippen LogP contribution in [-0.2, 0) is 9.59 Å². The minimum atomic E-state index is -1.36. The molecule has 0 aliphatic heterocycles. The highest BCUT2D eigenvalue weighted by atomic mass is 16.5. The molecule has 0 amide bonds. The lowest BCUT2D eigenvalue weighted by molar-refractivity contribution is -0.247. The third-order valence-electron chi connectivity index (χ3n) is 4.41. The Balaban J connectivity index is 0.000000578. The number of hydrogen-bond donors (Lipinski definition) is 4. The number of carbonyl (C=O) groups excluding carboxylic acids is 2. The van der Waals surface area contributed by atoms with E-state index >= 15 is 0 Å². The Morgan fingerprint density at radius 1 is 0.714 bits per heavy atom. The molecule has 21 heavy (non-hydrogen) atoms. The lowest BCUT2D eigenvalue weighted by Crippen LogP contribution is -2.46. The van der Waals surface area contributed by atoms with Gasteiger partial charge in [-0.3, -0.25) is 0 Å². The lowest BCUT2D eigenvalue weighted by atomic mass is 9.73. The van der Waals surface area contributed by atoms with Gasteiger partial charge in [0.2, 0.25) is 12.2 Å². The summed E-state index contributed by atoms with van der Waals surface area (Å²) in [5, 5.41) is 31.4. The summed E-state index contributed by atoms with van der Waals surface area (Å²) in [5.41, 5.74) is 0. The molecular weight excluding hydrogens is 272 g/mol. The molecule has 0 saturated heterocycles. The Labute approximate surface area is 125 Å². The topological polar surface area (TPSA) is 122 Å². The predicted octanol–water partition coefficient (Wildman–Crippen LogP) is 2.63. The van der Waals surface area contributed by atoms with Crippen LogP contribution in [0.5, 0.6) is 0 Å². The maximum absolute atomic E-state index is 10.3. The molecule has 2 saturated carbocycles. The molecule has 0 heterocycles. The Morgan fingerprint density at radius 2 is 0.952 bits per heavy atom. The summed E-state index contributed by atoms with van der Waals surface area (Å²) in [7, 11) is 0. The molecular formula is C15H26N2O4. The van der Waals surface area contributed by atoms with Crippen LogP contribution in [0.15, 0.2) is 0 Å². The molecule has 2 fully saturated rings. The standard InChI is InChI=1S/C13H24O2.2CHNO/c14-13(15,11-7-3-1-4-8-11)12-9-5-2-6-10-12;2*2-1-3/h11-12,14-15H,1-10H2;2*2H. The van der Waals surface area contributed by atoms with Crippen LogP contribution in [0.25, 0.3) is 0 Å². The maximum Gasteiger partial charge on any atom is 0.231 e. The summed E-state index contributed by atoms with van der Waals surface area (Å²) >= 11 is 0. The minimum absolute atomic E-state index is 0.148. The quantitative estimate of drug-likeness (QED) is 0.355. The van der Waals surface area contributed by atoms with Gasteiger partial charge in [-0.2, -0.15) is 0 Å². The second-order valence-corrected chi connectivity index (χ2v) is 5.66. The van der Waals surface area contributed by atoms with Crippen molar-refractivity contribution in [2.24, 2.45) is 11.8 Å². The Morgan fingerprint density at radius 3 is 1.19 bits per heavy atom. The zero-order chi connectivity index (χ0) is 16.1. The monoisotopic (exact) mass is 298 g/mol. The summed E-state index contributed by atoms with van der Waals surface area (Å²) in [6.07, 6.45) is 12.8. The van der Waals surface area contributed by atoms with E-state index in [1.54, 1.807) is 0 Å². The number of hydrogen-bond acceptors (Lipinski definition) is 6. The van der Waals surface area contributed by atoms with E-state index in [1.165, 1.54) is 38.5 Å². The molecule has 0 bridgehead atoms. The van der Waals surface area contributed by atoms with Gasteiger partial charge in [-0.1, -0.05) is 38.5 Å². The molecule has 0 aromatic rings. The first-order chi connectivity index (χ1) is 10.0. The van der Waals surface area contributed by atoms with Crippen molar-refractivity contribution in [2.45, 2.75) is 70.0 Å². The van der Waals surface area contributed by atoms with Gasteiger partial charge < -0.3 is 10.2 Å². The normalized spacial score (nSPS) is 19.9. The zero-order valence-electron chi connectivity index (χ0n) is 12.4. The Bertz CT molecular complexity index is 302. The van der Waals surface area contributed by atoms with Crippen molar-refractivity contribution in [3.63, 3.8) is 0 Å². The fourth-order valence-electron chi connectivity index (χ4n) is 3.39. The molecule has 0 unspecified atom stereocenters. The van der Waals surface area contributed by atoms with E-state index in [4.69, 9.17) is 20.4 Å². The second-order valence-electron chi connectivity index (χ2n) is 5.66. The van der Waals surface area contributed by atoms with Crippen molar-refractivity contribution in [1.29, 1.82) is 10.8 Å². The average Bonchev–Trinajstić information content (AvgIpc) is 2.51. The van der Waals surface area contributed by atoms with Crippen LogP contribution in [0.1, 0.15) is 64.2 Å². The molecule has 6 nitrogen and oxygen atoms in total. The van der Waals surface area contributed by atoms with E-state index in [0.717, 1.165) is 37.8 Å². The summed E-state index contributed by atoms with van der Waals surface area (Å²) in [6, 6.07) is 0. The van der Waals surface area contributed by atoms with E-state index in [0.29, 0.717) is 0 Å². The molecule has 2 aliphatic carbocycles. The smallest absolute Gasteiger partial charge is 0.231 e. The fourth-order valence-corrected chi connectivity index (χ4v) is 3.39. The highest BCUT2D eigenvalue weighted by molar-refractivity contribution is 5.26. The van der Waals surface area contributed by atoms with Crippen LogP contribution in [-0.4, -0.2) is 28.2 Å². The number of nitrogens with one attached hydrogen (secondary N) is 2. The van der Waals surface area contributed by atoms with Gasteiger partial charge in [0.1, 0.15) is 0 Å². The van der Waals surface area contributed by atoms with E-state index in [2.05, 4.69) is 0 Å². The predicted molar refractivity (Wildman–Crippen MR) is 77.1 cm³/mol. The van der Waals surface area contributed by atoms with Gasteiger partial charge in [0, 0.05) is 11.8 Å². The number of aliphatic hydroxyl groups is 2. The first-order valence-corrected chi connectivity index (χ1v) is 7.57. The van der Waals surface area contributed by atoms with Crippen LogP contribution in [0.3, 0.4) is 0 Å². The van der Waals surface area contributed by atoms with Crippen LogP contribution in [0.2, 0.25) is 0 Å². The molecule has 0 aromatic heterocycles. The average molecular weight is 298 g/mol. The van der Waals surface area contributed by atoms with Gasteiger partial charge in [0.05, 0.1) is 0 Å². The lowest BCUT2D eigenvalue weighted by Gasteiger charge is -2.41. The van der Waals surface area contributed by atoms with E-state index in [9.17, 15) is 10.2 Å². The summed E-state index contributed by atoms with van der Waals surface area (Å²) in [4.78, 5) is 16.7. The molecule has 0 spiro atoms. The summed E-state index contributed by atoms with van der Waals surface area (Å²) in [5.74, 6) is -1.07. The summed E-state index contributed by atoms with van der Waals surface area (Å²) < 4.78 is 0. The van der Waals surface area contributed by atoms with Gasteiger partial charge in [0.25, 0.3) is 0 Å². The van der Waals surface area contributed by atoms with Gasteiger partial charge in [-0.05, 0) is 25.7 Å². The highest BCUT2D eigenvalue weighted by Crippen LogP contribution is 2.41. The van der Waals surface area contributed by atoms with E-state index in [-0.39, 0.29) is 11.8 Å². The van der Waals surface area contributed by atoms with Gasteiger partial charge in [-0.25, -0.2) is 20.4 Å². The number of isocyanates is 2. The van der Waals surface area contributed by atoms with Crippen LogP contribution in [0, 0.1) is 22.7 Å². The van der Waals surface area contributed by atoms with Crippen molar-refractivity contribution in [3.8, 4) is 0 Å². The third-order valence-corrected chi connectivity index (χ3v) is 4.41. The molecule has 2 aliphatic rings. The first-order valence-electron chi connectivity index (χ1n) is 7.57. The largest absolute Gasteiger partial charge is 0.365 e. The number of rotatable bonds is 2. The van der Waals surface area contributed by atoms with Crippen molar-refractivity contribution in [1.82, 2.24) is 0 Å². The van der Waals surface area contributed by atoms with Crippen molar-refractivity contribution >= 4 is 12.2 Å². The fraction of sp³-hybridized carbons (Fsp3) is 0.867. The maximum atomic E-state index is 10.3. The Hall–Kier alpha value is -1.32. The Kier molecular flexibility index (Phi) is 10.6. The first kappa shape index (κ1) is 19.7. The van der Waals surface area contributed by atoms with Gasteiger partial charge in [-0.15, -0.1) is 0 Å². The van der Waals surface area contributed by atoms with Crippen molar-refractivity contribution in [2.75, 3.05) is 0 Å². The highest BCUT2D eigenvalue weighted by Gasteiger charge is 2.42. The van der Waals surface area contributed by atoms with E-state index < -0.39 is 5.79 Å². The summed E-state index contributed by atoms with van der Waals surface area (Å²) in [6.45, 7) is 0. The van der Waals surface area contributed by atoms with Crippen LogP contribution in [0.4, 0.5) is 0 Å². The molecule has 6 heteroatoms. The minimum Gasteiger partial charge on any atom is -0.365 e. The zero-order valence-corrected chi connectivity index (χ0v) is 12.4. The van der Waals surface area contributed by atoms with Gasteiger partial charge >= 0.3 is 0 Å². The van der Waals surface area contributed by atoms with E-state index in [1.807, 2.05) is 0 Å². The van der Waals surface area contributed by atoms with Crippen LogP contribution < -0.4 is 0 Å². The van der Waals surface area contributed by atoms with Crippen molar-refractivity contribution < 1.29 is 19.8 Å². The third kappa shape index (κ3) is 7.30. The molecule has 0 atom stereocenters.